The summed E-state index contributed by atoms with van der Waals surface area (Å²) in [6.45, 7) is 4.26. The van der Waals surface area contributed by atoms with Crippen LogP contribution >= 0.6 is 0 Å². The number of nitriles is 1. The van der Waals surface area contributed by atoms with Crippen LogP contribution in [0.2, 0.25) is 0 Å². The van der Waals surface area contributed by atoms with Gasteiger partial charge in [-0.15, -0.1) is 0 Å². The van der Waals surface area contributed by atoms with E-state index in [-0.39, 0.29) is 11.5 Å². The minimum Gasteiger partial charge on any atom is -0.376 e. The van der Waals surface area contributed by atoms with Crippen LogP contribution in [0, 0.1) is 11.3 Å². The van der Waals surface area contributed by atoms with Crippen LogP contribution in [0.15, 0.2) is 36.0 Å². The van der Waals surface area contributed by atoms with Crippen molar-refractivity contribution in [3.63, 3.8) is 0 Å². The third-order valence-corrected chi connectivity index (χ3v) is 4.68. The monoisotopic (exact) mass is 325 g/mol. The van der Waals surface area contributed by atoms with Gasteiger partial charge in [-0.05, 0) is 36.5 Å². The number of amides is 1. The molecule has 0 unspecified atom stereocenters. The lowest BCUT2D eigenvalue weighted by molar-refractivity contribution is -0.112. The Hall–Kier alpha value is -2.28. The van der Waals surface area contributed by atoms with Crippen LogP contribution in [-0.2, 0) is 4.79 Å². The van der Waals surface area contributed by atoms with Gasteiger partial charge in [-0.3, -0.25) is 4.79 Å². The topological polar surface area (TPSA) is 56.1 Å². The molecule has 0 spiro atoms. The maximum absolute atomic E-state index is 12.4. The number of hydrogen-bond donors (Lipinski definition) is 1. The lowest BCUT2D eigenvalue weighted by Gasteiger charge is -2.30. The van der Waals surface area contributed by atoms with Gasteiger partial charge in [0.05, 0.1) is 0 Å². The van der Waals surface area contributed by atoms with Gasteiger partial charge in [0.25, 0.3) is 5.91 Å². The van der Waals surface area contributed by atoms with E-state index in [1.54, 1.807) is 6.20 Å². The average Bonchev–Trinajstić information content (AvgIpc) is 2.60. The molecule has 0 saturated heterocycles. The third-order valence-electron chi connectivity index (χ3n) is 4.68. The fourth-order valence-corrected chi connectivity index (χ4v) is 3.09. The number of carbonyl (C=O) groups excluding carboxylic acids is 1. The molecule has 0 radical (unpaired) electrons. The van der Waals surface area contributed by atoms with Gasteiger partial charge < -0.3 is 10.2 Å². The van der Waals surface area contributed by atoms with E-state index in [1.165, 1.54) is 24.8 Å². The summed E-state index contributed by atoms with van der Waals surface area (Å²) in [5.74, 6) is 0.103. The second-order valence-corrected chi connectivity index (χ2v) is 6.84. The van der Waals surface area contributed by atoms with Crippen molar-refractivity contribution in [1.82, 2.24) is 4.90 Å². The van der Waals surface area contributed by atoms with E-state index in [1.807, 2.05) is 42.3 Å². The van der Waals surface area contributed by atoms with Crippen LogP contribution in [0.5, 0.6) is 0 Å². The molecule has 0 heterocycles. The molecule has 4 nitrogen and oxygen atoms in total. The van der Waals surface area contributed by atoms with Crippen molar-refractivity contribution in [2.75, 3.05) is 12.4 Å². The molecule has 0 atom stereocenters. The largest absolute Gasteiger partial charge is 0.376 e. The predicted octanol–water partition coefficient (Wildman–Crippen LogP) is 4.42. The summed E-state index contributed by atoms with van der Waals surface area (Å²) >= 11 is 0. The lowest BCUT2D eigenvalue weighted by Crippen LogP contribution is -2.30. The predicted molar refractivity (Wildman–Crippen MR) is 97.5 cm³/mol. The van der Waals surface area contributed by atoms with Gasteiger partial charge in [0.2, 0.25) is 0 Å². The minimum atomic E-state index is -0.350. The fourth-order valence-electron chi connectivity index (χ4n) is 3.09. The summed E-state index contributed by atoms with van der Waals surface area (Å²) in [5.41, 5.74) is 2.09. The molecule has 1 aliphatic rings. The average molecular weight is 325 g/mol. The molecule has 1 N–H and O–H groups in total. The zero-order chi connectivity index (χ0) is 17.5. The first-order valence-electron chi connectivity index (χ1n) is 8.76. The molecule has 0 aromatic heterocycles. The molecular weight excluding hydrogens is 298 g/mol. The molecule has 1 aliphatic carbocycles. The number of anilines is 1. The van der Waals surface area contributed by atoms with Crippen LogP contribution < -0.4 is 5.32 Å². The smallest absolute Gasteiger partial charge is 0.267 e. The standard InChI is InChI=1S/C20H27N3O/c1-15(2)16-9-11-18(12-10-16)22-20(24)17(13-21)14-23(3)19-7-5-4-6-8-19/h9-12,14-15,19H,4-8H2,1-3H3,(H,22,24)/b17-14-. The van der Waals surface area contributed by atoms with Gasteiger partial charge in [0.1, 0.15) is 11.6 Å². The maximum atomic E-state index is 12.4. The number of hydrogen-bond acceptors (Lipinski definition) is 3. The Balaban J connectivity index is 2.02. The number of carbonyl (C=O) groups is 1. The normalized spacial score (nSPS) is 15.9. The van der Waals surface area contributed by atoms with Gasteiger partial charge in [-0.1, -0.05) is 45.2 Å². The van der Waals surface area contributed by atoms with E-state index in [2.05, 4.69) is 19.2 Å². The molecule has 24 heavy (non-hydrogen) atoms. The summed E-state index contributed by atoms with van der Waals surface area (Å²) in [6, 6.07) is 10.2. The molecular formula is C20H27N3O. The molecule has 1 fully saturated rings. The number of nitrogens with zero attached hydrogens (tertiary/aromatic N) is 2. The van der Waals surface area contributed by atoms with Crippen LogP contribution in [0.3, 0.4) is 0 Å². The highest BCUT2D eigenvalue weighted by molar-refractivity contribution is 6.06. The summed E-state index contributed by atoms with van der Waals surface area (Å²) in [6.07, 6.45) is 7.67. The Morgan fingerprint density at radius 3 is 2.42 bits per heavy atom. The van der Waals surface area contributed by atoms with Crippen molar-refractivity contribution >= 4 is 11.6 Å². The zero-order valence-corrected chi connectivity index (χ0v) is 14.9. The Labute approximate surface area is 145 Å². The van der Waals surface area contributed by atoms with Crippen molar-refractivity contribution < 1.29 is 4.79 Å². The van der Waals surface area contributed by atoms with E-state index >= 15 is 0 Å². The second-order valence-electron chi connectivity index (χ2n) is 6.84. The summed E-state index contributed by atoms with van der Waals surface area (Å²) in [7, 11) is 1.96. The summed E-state index contributed by atoms with van der Waals surface area (Å²) in [5, 5.41) is 12.1. The van der Waals surface area contributed by atoms with Gasteiger partial charge in [-0.2, -0.15) is 5.26 Å². The molecule has 1 aromatic rings. The van der Waals surface area contributed by atoms with Gasteiger partial charge in [-0.25, -0.2) is 0 Å². The summed E-state index contributed by atoms with van der Waals surface area (Å²) < 4.78 is 0. The van der Waals surface area contributed by atoms with E-state index in [9.17, 15) is 10.1 Å². The Kier molecular flexibility index (Phi) is 6.43. The van der Waals surface area contributed by atoms with E-state index in [4.69, 9.17) is 0 Å². The highest BCUT2D eigenvalue weighted by atomic mass is 16.1. The van der Waals surface area contributed by atoms with Crippen LogP contribution in [0.25, 0.3) is 0 Å². The Morgan fingerprint density at radius 2 is 1.88 bits per heavy atom. The SMILES string of the molecule is CC(C)c1ccc(NC(=O)/C(C#N)=C\N(C)C2CCCCC2)cc1. The van der Waals surface area contributed by atoms with Crippen molar-refractivity contribution in [1.29, 1.82) is 5.26 Å². The van der Waals surface area contributed by atoms with Crippen LogP contribution in [-0.4, -0.2) is 23.9 Å². The number of rotatable bonds is 5. The van der Waals surface area contributed by atoms with Crippen molar-refractivity contribution in [2.24, 2.45) is 0 Å². The third kappa shape index (κ3) is 4.86. The zero-order valence-electron chi connectivity index (χ0n) is 14.9. The summed E-state index contributed by atoms with van der Waals surface area (Å²) in [4.78, 5) is 14.4. The first kappa shape index (κ1) is 18.1. The molecule has 0 aliphatic heterocycles. The highest BCUT2D eigenvalue weighted by Crippen LogP contribution is 2.22. The number of nitrogens with one attached hydrogen (secondary N) is 1. The Bertz CT molecular complexity index is 619. The van der Waals surface area contributed by atoms with Gasteiger partial charge >= 0.3 is 0 Å². The van der Waals surface area contributed by atoms with Crippen LogP contribution in [0.4, 0.5) is 5.69 Å². The molecule has 128 valence electrons. The quantitative estimate of drug-likeness (QED) is 0.644. The highest BCUT2D eigenvalue weighted by Gasteiger charge is 2.18. The van der Waals surface area contributed by atoms with Crippen molar-refractivity contribution in [2.45, 2.75) is 57.9 Å². The molecule has 1 amide bonds. The number of benzene rings is 1. The van der Waals surface area contributed by atoms with E-state index in [0.29, 0.717) is 17.6 Å². The second kappa shape index (κ2) is 8.54. The minimum absolute atomic E-state index is 0.149. The van der Waals surface area contributed by atoms with E-state index < -0.39 is 0 Å². The Morgan fingerprint density at radius 1 is 1.25 bits per heavy atom. The lowest BCUT2D eigenvalue weighted by atomic mass is 9.94. The first-order valence-corrected chi connectivity index (χ1v) is 8.76. The van der Waals surface area contributed by atoms with Gasteiger partial charge in [0.15, 0.2) is 0 Å². The van der Waals surface area contributed by atoms with Gasteiger partial charge in [0, 0.05) is 25.0 Å². The molecule has 2 rings (SSSR count). The first-order chi connectivity index (χ1) is 11.5. The molecule has 4 heteroatoms. The van der Waals surface area contributed by atoms with Crippen LogP contribution in [0.1, 0.15) is 57.4 Å². The molecule has 0 bridgehead atoms. The fraction of sp³-hybridized carbons (Fsp3) is 0.500. The molecule has 1 saturated carbocycles. The van der Waals surface area contributed by atoms with E-state index in [0.717, 1.165) is 12.8 Å². The van der Waals surface area contributed by atoms with Crippen molar-refractivity contribution in [3.8, 4) is 6.07 Å². The molecule has 1 aromatic carbocycles. The maximum Gasteiger partial charge on any atom is 0.267 e. The van der Waals surface area contributed by atoms with Crippen molar-refractivity contribution in [3.05, 3.63) is 41.6 Å².